The van der Waals surface area contributed by atoms with Gasteiger partial charge in [0.15, 0.2) is 0 Å². The molecule has 0 aliphatic carbocycles. The highest BCUT2D eigenvalue weighted by Crippen LogP contribution is 2.41. The van der Waals surface area contributed by atoms with Crippen LogP contribution in [0.15, 0.2) is 0 Å². The second kappa shape index (κ2) is 8.79. The molecule has 9 heteroatoms. The number of carbonyl (C=O) groups is 2. The molecule has 20 heavy (non-hydrogen) atoms. The third kappa shape index (κ3) is 6.85. The second-order valence-electron chi connectivity index (χ2n) is 4.37. The lowest BCUT2D eigenvalue weighted by atomic mass is 10.2. The van der Waals surface area contributed by atoms with Crippen molar-refractivity contribution in [1.82, 2.24) is 5.32 Å². The molecule has 0 bridgehead atoms. The lowest BCUT2D eigenvalue weighted by Gasteiger charge is -2.08. The van der Waals surface area contributed by atoms with Gasteiger partial charge in [-0.05, 0) is 18.6 Å². The number of phosphoric ester groups is 1. The maximum absolute atomic E-state index is 11.3. The molecule has 0 aromatic heterocycles. The summed E-state index contributed by atoms with van der Waals surface area (Å²) in [6.07, 6.45) is 3.71. The quantitative estimate of drug-likeness (QED) is 0.356. The molecule has 1 saturated heterocycles. The molecule has 116 valence electrons. The fraction of sp³-hybridized carbons (Fsp3) is 0.818. The summed E-state index contributed by atoms with van der Waals surface area (Å²) in [5, 5.41) is 2.04. The van der Waals surface area contributed by atoms with Gasteiger partial charge in [-0.3, -0.25) is 24.0 Å². The zero-order chi connectivity index (χ0) is 15.0. The van der Waals surface area contributed by atoms with Crippen LogP contribution in [0.4, 0.5) is 0 Å². The molecule has 1 aliphatic heterocycles. The van der Waals surface area contributed by atoms with E-state index in [0.29, 0.717) is 6.42 Å². The van der Waals surface area contributed by atoms with E-state index in [1.807, 2.05) is 0 Å². The maximum Gasteiger partial charge on any atom is 0.471 e. The molecule has 0 aromatic rings. The SMILES string of the molecule is COP(=O)(O)OCCCCCCSC1CC(=O)NC1=O. The van der Waals surface area contributed by atoms with Crippen LogP contribution in [0.1, 0.15) is 32.1 Å². The number of rotatable bonds is 10. The monoisotopic (exact) mass is 325 g/mol. The summed E-state index contributed by atoms with van der Waals surface area (Å²) < 4.78 is 19.9. The smallest absolute Gasteiger partial charge is 0.303 e. The molecule has 2 N–H and O–H groups in total. The molecule has 1 rings (SSSR count). The molecular weight excluding hydrogens is 305 g/mol. The van der Waals surface area contributed by atoms with E-state index in [1.54, 1.807) is 0 Å². The number of phosphoric acid groups is 1. The van der Waals surface area contributed by atoms with Gasteiger partial charge in [0.1, 0.15) is 0 Å². The van der Waals surface area contributed by atoms with Crippen LogP contribution in [-0.2, 0) is 23.2 Å². The van der Waals surface area contributed by atoms with E-state index in [4.69, 9.17) is 4.89 Å². The van der Waals surface area contributed by atoms with Crippen molar-refractivity contribution in [1.29, 1.82) is 0 Å². The van der Waals surface area contributed by atoms with E-state index in [2.05, 4.69) is 14.4 Å². The van der Waals surface area contributed by atoms with Crippen LogP contribution in [0.2, 0.25) is 0 Å². The zero-order valence-corrected chi connectivity index (χ0v) is 13.1. The van der Waals surface area contributed by atoms with Crippen LogP contribution in [0.3, 0.4) is 0 Å². The topological polar surface area (TPSA) is 102 Å². The number of imide groups is 1. The van der Waals surface area contributed by atoms with Crippen molar-refractivity contribution >= 4 is 31.4 Å². The van der Waals surface area contributed by atoms with E-state index in [1.165, 1.54) is 11.8 Å². The molecule has 0 radical (unpaired) electrons. The van der Waals surface area contributed by atoms with Gasteiger partial charge in [0.05, 0.1) is 11.9 Å². The van der Waals surface area contributed by atoms with Crippen LogP contribution < -0.4 is 5.32 Å². The second-order valence-corrected chi connectivity index (χ2v) is 7.25. The molecule has 2 unspecified atom stereocenters. The van der Waals surface area contributed by atoms with E-state index < -0.39 is 7.82 Å². The molecular formula is C11H20NO6PS. The van der Waals surface area contributed by atoms with E-state index in [0.717, 1.165) is 32.1 Å². The van der Waals surface area contributed by atoms with Crippen LogP contribution >= 0.6 is 19.6 Å². The third-order valence-corrected chi connectivity index (χ3v) is 5.05. The first-order chi connectivity index (χ1) is 9.44. The summed E-state index contributed by atoms with van der Waals surface area (Å²) >= 11 is 1.50. The van der Waals surface area contributed by atoms with Crippen molar-refractivity contribution in [3.05, 3.63) is 0 Å². The number of nitrogens with one attached hydrogen (secondary N) is 1. The van der Waals surface area contributed by atoms with Crippen LogP contribution in [0.5, 0.6) is 0 Å². The fourth-order valence-corrected chi connectivity index (χ4v) is 3.28. The Morgan fingerprint density at radius 2 is 2.05 bits per heavy atom. The van der Waals surface area contributed by atoms with Gasteiger partial charge in [-0.2, -0.15) is 0 Å². The minimum absolute atomic E-state index is 0.188. The van der Waals surface area contributed by atoms with Crippen LogP contribution in [0, 0.1) is 0 Å². The average molecular weight is 325 g/mol. The highest BCUT2D eigenvalue weighted by atomic mass is 32.2. The maximum atomic E-state index is 11.3. The molecule has 0 spiro atoms. The average Bonchev–Trinajstić information content (AvgIpc) is 2.71. The summed E-state index contributed by atoms with van der Waals surface area (Å²) in [4.78, 5) is 31.2. The molecule has 0 aromatic carbocycles. The van der Waals surface area contributed by atoms with Crippen molar-refractivity contribution < 1.29 is 28.1 Å². The van der Waals surface area contributed by atoms with Crippen molar-refractivity contribution in [3.63, 3.8) is 0 Å². The van der Waals surface area contributed by atoms with Crippen molar-refractivity contribution in [2.45, 2.75) is 37.4 Å². The highest BCUT2D eigenvalue weighted by molar-refractivity contribution is 8.00. The minimum atomic E-state index is -3.84. The van der Waals surface area contributed by atoms with Gasteiger partial charge in [-0.25, -0.2) is 4.57 Å². The standard InChI is InChI=1S/C11H20NO6PS/c1-17-19(15,16)18-6-4-2-3-5-7-20-9-8-10(13)12-11(9)14/h9H,2-8H2,1H3,(H,15,16)(H,12,13,14). The lowest BCUT2D eigenvalue weighted by molar-refractivity contribution is -0.124. The van der Waals surface area contributed by atoms with Crippen LogP contribution in [-0.4, -0.2) is 41.4 Å². The zero-order valence-electron chi connectivity index (χ0n) is 11.4. The third-order valence-electron chi connectivity index (χ3n) is 2.77. The highest BCUT2D eigenvalue weighted by Gasteiger charge is 2.30. The number of amides is 2. The Morgan fingerprint density at radius 1 is 1.35 bits per heavy atom. The molecule has 1 fully saturated rings. The Morgan fingerprint density at radius 3 is 2.65 bits per heavy atom. The Bertz CT molecular complexity index is 391. The van der Waals surface area contributed by atoms with Crippen molar-refractivity contribution in [2.24, 2.45) is 0 Å². The lowest BCUT2D eigenvalue weighted by Crippen LogP contribution is -2.23. The predicted octanol–water partition coefficient (Wildman–Crippen LogP) is 1.46. The Balaban J connectivity index is 1.94. The summed E-state index contributed by atoms with van der Waals surface area (Å²) in [6.45, 7) is 0.189. The van der Waals surface area contributed by atoms with E-state index in [-0.39, 0.29) is 30.1 Å². The molecule has 1 heterocycles. The molecule has 7 nitrogen and oxygen atoms in total. The Kier molecular flexibility index (Phi) is 7.76. The van der Waals surface area contributed by atoms with Gasteiger partial charge in [0, 0.05) is 13.5 Å². The Labute approximate surface area is 122 Å². The van der Waals surface area contributed by atoms with Gasteiger partial charge < -0.3 is 4.89 Å². The van der Waals surface area contributed by atoms with E-state index in [9.17, 15) is 14.2 Å². The summed E-state index contributed by atoms with van der Waals surface area (Å²) in [7, 11) is -2.72. The first-order valence-corrected chi connectivity index (χ1v) is 8.97. The molecule has 2 atom stereocenters. The fourth-order valence-electron chi connectivity index (χ4n) is 1.68. The summed E-state index contributed by atoms with van der Waals surface area (Å²) in [5.74, 6) is 0.436. The number of unbranched alkanes of at least 4 members (excludes halogenated alkanes) is 3. The predicted molar refractivity (Wildman–Crippen MR) is 75.3 cm³/mol. The number of hydrogen-bond acceptors (Lipinski definition) is 6. The van der Waals surface area contributed by atoms with Gasteiger partial charge in [0.25, 0.3) is 0 Å². The van der Waals surface area contributed by atoms with Crippen LogP contribution in [0.25, 0.3) is 0 Å². The molecule has 2 amide bonds. The molecule has 1 aliphatic rings. The minimum Gasteiger partial charge on any atom is -0.303 e. The number of hydrogen-bond donors (Lipinski definition) is 2. The summed E-state index contributed by atoms with van der Waals surface area (Å²) in [5.41, 5.74) is 0. The number of carbonyl (C=O) groups excluding carboxylic acids is 2. The number of thioether (sulfide) groups is 1. The van der Waals surface area contributed by atoms with E-state index >= 15 is 0 Å². The van der Waals surface area contributed by atoms with Gasteiger partial charge >= 0.3 is 7.82 Å². The normalized spacial score (nSPS) is 21.8. The molecule has 0 saturated carbocycles. The first kappa shape index (κ1) is 17.7. The van der Waals surface area contributed by atoms with Crippen molar-refractivity contribution in [2.75, 3.05) is 19.5 Å². The largest absolute Gasteiger partial charge is 0.471 e. The summed E-state index contributed by atoms with van der Waals surface area (Å²) in [6, 6.07) is 0. The van der Waals surface area contributed by atoms with Crippen molar-refractivity contribution in [3.8, 4) is 0 Å². The van der Waals surface area contributed by atoms with Gasteiger partial charge in [0.2, 0.25) is 11.8 Å². The van der Waals surface area contributed by atoms with Gasteiger partial charge in [-0.1, -0.05) is 12.8 Å². The van der Waals surface area contributed by atoms with Gasteiger partial charge in [-0.15, -0.1) is 11.8 Å². The first-order valence-electron chi connectivity index (χ1n) is 6.43. The Hall–Kier alpha value is -0.400.